The van der Waals surface area contributed by atoms with Crippen molar-refractivity contribution < 1.29 is 114 Å². The number of allylic oxidation sites excluding steroid dienone is 2. The van der Waals surface area contributed by atoms with Crippen molar-refractivity contribution in [2.45, 2.75) is 242 Å². The molecule has 5 aliphatic carbocycles. The lowest BCUT2D eigenvalue weighted by atomic mass is 9.33. The SMILES string of the molecule is CC1OC(OC2C(CO)OC(OCC3OC(OC(=O)C45CCC(C)(C)CC4C4=CCC6C7(C)CCC(OC8OC(CO)C(O)C(O)C8O)C(C)(C=O)C7CCC6(C)C4(C)CC5)C(O)C(O)C3O)C(O)C2O)C(O)C(O)C1O. The maximum Gasteiger partial charge on any atom is 0.315 e. The van der Waals surface area contributed by atoms with E-state index in [1.807, 2.05) is 6.92 Å². The number of rotatable bonds is 12. The second-order valence-corrected chi connectivity index (χ2v) is 26.0. The van der Waals surface area contributed by atoms with Gasteiger partial charge >= 0.3 is 5.97 Å². The van der Waals surface area contributed by atoms with Gasteiger partial charge in [0.15, 0.2) is 18.9 Å². The molecule has 0 spiro atoms. The van der Waals surface area contributed by atoms with E-state index in [9.17, 15) is 71.2 Å². The highest BCUT2D eigenvalue weighted by atomic mass is 16.8. The first-order valence-electron chi connectivity index (χ1n) is 27.7. The number of fused-ring (bicyclic) bond motifs is 7. The number of aliphatic hydroxyl groups is 13. The molecule has 0 aromatic carbocycles. The molecule has 4 saturated carbocycles. The van der Waals surface area contributed by atoms with Crippen LogP contribution in [-0.2, 0) is 47.5 Å². The maximum atomic E-state index is 15.1. The van der Waals surface area contributed by atoms with Gasteiger partial charge in [0.2, 0.25) is 6.29 Å². The van der Waals surface area contributed by atoms with E-state index in [2.05, 4.69) is 40.7 Å². The fourth-order valence-electron chi connectivity index (χ4n) is 16.2. The fourth-order valence-corrected chi connectivity index (χ4v) is 16.2. The van der Waals surface area contributed by atoms with Gasteiger partial charge in [-0.25, -0.2) is 0 Å². The first kappa shape index (κ1) is 59.7. The number of ether oxygens (including phenoxy) is 8. The summed E-state index contributed by atoms with van der Waals surface area (Å²) >= 11 is 0. The molecule has 9 rings (SSSR count). The zero-order valence-electron chi connectivity index (χ0n) is 45.1. The molecular weight excluding hydrogens is 1020 g/mol. The van der Waals surface area contributed by atoms with Crippen LogP contribution in [0.3, 0.4) is 0 Å². The highest BCUT2D eigenvalue weighted by Gasteiger charge is 2.71. The number of esters is 1. The summed E-state index contributed by atoms with van der Waals surface area (Å²) in [5.41, 5.74) is -2.12. The zero-order valence-corrected chi connectivity index (χ0v) is 45.1. The molecule has 4 aliphatic heterocycles. The smallest absolute Gasteiger partial charge is 0.315 e. The summed E-state index contributed by atoms with van der Waals surface area (Å²) < 4.78 is 46.9. The third-order valence-corrected chi connectivity index (χ3v) is 21.3. The van der Waals surface area contributed by atoms with Gasteiger partial charge in [0, 0.05) is 0 Å². The van der Waals surface area contributed by atoms with E-state index in [1.54, 1.807) is 0 Å². The maximum absolute atomic E-state index is 15.1. The van der Waals surface area contributed by atoms with Crippen LogP contribution in [0, 0.1) is 50.2 Å². The van der Waals surface area contributed by atoms with Crippen molar-refractivity contribution in [3.05, 3.63) is 11.6 Å². The second-order valence-electron chi connectivity index (χ2n) is 26.0. The molecule has 23 heteroatoms. The number of aliphatic hydroxyl groups excluding tert-OH is 13. The lowest BCUT2D eigenvalue weighted by Crippen LogP contribution is -2.67. The molecule has 0 bridgehead atoms. The Morgan fingerprint density at radius 1 is 0.610 bits per heavy atom. The van der Waals surface area contributed by atoms with Gasteiger partial charge in [0.05, 0.1) is 42.9 Å². The third-order valence-electron chi connectivity index (χ3n) is 21.3. The molecule has 8 fully saturated rings. The van der Waals surface area contributed by atoms with E-state index >= 15 is 4.79 Å². The minimum Gasteiger partial charge on any atom is -0.432 e. The van der Waals surface area contributed by atoms with Crippen LogP contribution in [0.2, 0.25) is 0 Å². The van der Waals surface area contributed by atoms with Gasteiger partial charge in [0.1, 0.15) is 97.8 Å². The molecule has 4 saturated heterocycles. The van der Waals surface area contributed by atoms with E-state index in [-0.39, 0.29) is 34.0 Å². The topological polar surface area (TPSA) is 371 Å². The highest BCUT2D eigenvalue weighted by Crippen LogP contribution is 2.76. The van der Waals surface area contributed by atoms with E-state index in [0.717, 1.165) is 12.7 Å². The monoisotopic (exact) mass is 1100 g/mol. The van der Waals surface area contributed by atoms with Gasteiger partial charge in [-0.05, 0) is 111 Å². The normalized spacial score (nSPS) is 54.6. The van der Waals surface area contributed by atoms with Crippen molar-refractivity contribution in [3.8, 4) is 0 Å². The lowest BCUT2D eigenvalue weighted by Gasteiger charge is -2.71. The predicted octanol–water partition coefficient (Wildman–Crippen LogP) is -1.83. The quantitative estimate of drug-likeness (QED) is 0.0442. The van der Waals surface area contributed by atoms with Crippen LogP contribution in [0.15, 0.2) is 11.6 Å². The first-order valence-corrected chi connectivity index (χ1v) is 27.7. The summed E-state index contributed by atoms with van der Waals surface area (Å²) in [6.07, 6.45) is -23.3. The second kappa shape index (κ2) is 21.7. The Kier molecular flexibility index (Phi) is 16.8. The Morgan fingerprint density at radius 2 is 1.18 bits per heavy atom. The first-order chi connectivity index (χ1) is 36.1. The number of carbonyl (C=O) groups excluding carboxylic acids is 2. The Hall–Kier alpha value is -1.92. The molecule has 0 amide bonds. The zero-order chi connectivity index (χ0) is 56.3. The molecule has 0 aromatic heterocycles. The van der Waals surface area contributed by atoms with Crippen molar-refractivity contribution in [2.24, 2.45) is 50.2 Å². The Bertz CT molecular complexity index is 2150. The summed E-state index contributed by atoms with van der Waals surface area (Å²) in [7, 11) is 0. The van der Waals surface area contributed by atoms with Crippen molar-refractivity contribution in [2.75, 3.05) is 19.8 Å². The largest absolute Gasteiger partial charge is 0.432 e. The third kappa shape index (κ3) is 9.71. The van der Waals surface area contributed by atoms with Crippen molar-refractivity contribution in [1.82, 2.24) is 0 Å². The van der Waals surface area contributed by atoms with Gasteiger partial charge in [-0.3, -0.25) is 4.79 Å². The van der Waals surface area contributed by atoms with Crippen LogP contribution in [0.1, 0.15) is 113 Å². The van der Waals surface area contributed by atoms with Crippen molar-refractivity contribution >= 4 is 12.3 Å². The number of hydrogen-bond donors (Lipinski definition) is 13. The molecule has 29 atom stereocenters. The van der Waals surface area contributed by atoms with E-state index in [0.29, 0.717) is 57.8 Å². The van der Waals surface area contributed by atoms with Gasteiger partial charge in [-0.2, -0.15) is 0 Å². The van der Waals surface area contributed by atoms with Gasteiger partial charge in [0.25, 0.3) is 0 Å². The Balaban J connectivity index is 0.900. The molecule has 0 radical (unpaired) electrons. The molecule has 23 nitrogen and oxygen atoms in total. The average Bonchev–Trinajstić information content (AvgIpc) is 3.53. The summed E-state index contributed by atoms with van der Waals surface area (Å²) in [4.78, 5) is 28.6. The van der Waals surface area contributed by atoms with E-state index in [4.69, 9.17) is 37.9 Å². The number of carbonyl (C=O) groups is 2. The minimum absolute atomic E-state index is 0.108. The van der Waals surface area contributed by atoms with Crippen LogP contribution < -0.4 is 0 Å². The highest BCUT2D eigenvalue weighted by molar-refractivity contribution is 5.79. The Labute approximate surface area is 448 Å². The summed E-state index contributed by atoms with van der Waals surface area (Å²) in [6, 6.07) is 0. The molecular formula is C54H86O23. The van der Waals surface area contributed by atoms with Crippen LogP contribution >= 0.6 is 0 Å². The molecule has 29 unspecified atom stereocenters. The predicted molar refractivity (Wildman–Crippen MR) is 262 cm³/mol. The van der Waals surface area contributed by atoms with E-state index < -0.39 is 171 Å². The van der Waals surface area contributed by atoms with Gasteiger partial charge in [-0.1, -0.05) is 53.2 Å². The number of aldehydes is 1. The Morgan fingerprint density at radius 3 is 1.83 bits per heavy atom. The van der Waals surface area contributed by atoms with Gasteiger partial charge in [-0.15, -0.1) is 0 Å². The molecule has 13 N–H and O–H groups in total. The number of hydrogen-bond acceptors (Lipinski definition) is 23. The average molecular weight is 1100 g/mol. The standard InChI is InChI=1S/C54H86O23/c1-23-32(58)35(61)39(65)45(71-23)76-43-27(20-56)73-44(42(68)38(43)64)70-21-28-34(60)37(63)41(67)47(74-28)77-48(69)54-16-14-49(2,3)18-25(54)24-8-9-30-50(4)12-11-31(75-46-40(66)36(62)33(59)26(19-55)72-46)51(5,22-57)29(50)10-13-53(30,7)52(24,6)15-17-54/h8,22-23,25-47,55-56,58-68H,9-21H2,1-7H3. The van der Waals surface area contributed by atoms with Gasteiger partial charge < -0.3 is 109 Å². The molecule has 4 heterocycles. The molecule has 0 aromatic rings. The summed E-state index contributed by atoms with van der Waals surface area (Å²) in [5, 5.41) is 139. The summed E-state index contributed by atoms with van der Waals surface area (Å²) in [6.45, 7) is 12.6. The van der Waals surface area contributed by atoms with Crippen LogP contribution in [0.4, 0.5) is 0 Å². The summed E-state index contributed by atoms with van der Waals surface area (Å²) in [5.74, 6) is -0.937. The molecule has 440 valence electrons. The lowest BCUT2D eigenvalue weighted by molar-refractivity contribution is -0.361. The van der Waals surface area contributed by atoms with E-state index in [1.165, 1.54) is 12.5 Å². The fraction of sp³-hybridized carbons (Fsp3) is 0.926. The van der Waals surface area contributed by atoms with Crippen LogP contribution in [0.5, 0.6) is 0 Å². The molecule has 9 aliphatic rings. The van der Waals surface area contributed by atoms with Crippen molar-refractivity contribution in [1.29, 1.82) is 0 Å². The molecule has 77 heavy (non-hydrogen) atoms. The van der Waals surface area contributed by atoms with Crippen LogP contribution in [-0.4, -0.2) is 227 Å². The van der Waals surface area contributed by atoms with Crippen LogP contribution in [0.25, 0.3) is 0 Å². The minimum atomic E-state index is -1.89. The van der Waals surface area contributed by atoms with Crippen molar-refractivity contribution in [3.63, 3.8) is 0 Å².